The maximum atomic E-state index is 13.0. The van der Waals surface area contributed by atoms with Gasteiger partial charge >= 0.3 is 0 Å². The summed E-state index contributed by atoms with van der Waals surface area (Å²) in [6.07, 6.45) is 0. The average Bonchev–Trinajstić information content (AvgIpc) is 0.841. The number of aryl methyl sites for hydroxylation is 3. The fraction of sp³-hybridized carbons (Fsp3) is 0.0652. The molecular weight excluding hydrogens is 1280 g/mol. The highest BCUT2D eigenvalue weighted by Gasteiger charge is 2.17. The number of allylic oxidation sites excluding steroid dienone is 1. The summed E-state index contributed by atoms with van der Waals surface area (Å²) in [6, 6.07) is 94.8. The molecular formula is C92H72O11. The van der Waals surface area contributed by atoms with E-state index in [2.05, 4.69) is 6.58 Å². The molecule has 0 fully saturated rings. The van der Waals surface area contributed by atoms with Gasteiger partial charge in [0.15, 0.2) is 34.7 Å². The molecule has 0 heterocycles. The lowest BCUT2D eigenvalue weighted by molar-refractivity contribution is 0.101. The second-order valence-corrected chi connectivity index (χ2v) is 24.5. The van der Waals surface area contributed by atoms with Crippen molar-refractivity contribution >= 4 is 40.3 Å². The fourth-order valence-electron chi connectivity index (χ4n) is 10.7. The van der Waals surface area contributed by atoms with E-state index in [-0.39, 0.29) is 34.7 Å². The van der Waals surface area contributed by atoms with Gasteiger partial charge in [0.05, 0.1) is 7.11 Å². The van der Waals surface area contributed by atoms with E-state index < -0.39 is 0 Å². The summed E-state index contributed by atoms with van der Waals surface area (Å²) < 4.78 is 28.6. The zero-order valence-corrected chi connectivity index (χ0v) is 57.7. The molecule has 0 atom stereocenters. The molecule has 13 aromatic rings. The first-order valence-electron chi connectivity index (χ1n) is 33.3. The van der Waals surface area contributed by atoms with Crippen LogP contribution in [-0.2, 0) is 0 Å². The summed E-state index contributed by atoms with van der Waals surface area (Å²) in [5.74, 6) is 5.81. The van der Waals surface area contributed by atoms with Crippen molar-refractivity contribution in [2.24, 2.45) is 0 Å². The first-order chi connectivity index (χ1) is 49.9. The zero-order valence-electron chi connectivity index (χ0n) is 57.7. The minimum absolute atomic E-state index is 0.0152. The molecule has 0 spiro atoms. The SMILES string of the molecule is C=C(C)c1ccc(C(=O)c2ccc(Oc3ccc(C(=O)c4ccc(Oc5ccc(C)cc5)cc4)cc3)cc2)cc1.CC(=O)c1ccc(C(=O)c2ccc(-c3ccc(Oc4ccc(C)cc4)cc3)cc2)cc1.COc1ccc(C(=O)c2ccc(C(=O)c3ccc(Oc4ccc(C)cc4)cc3)cc2)cc1. The van der Waals surface area contributed by atoms with Crippen molar-refractivity contribution in [1.29, 1.82) is 0 Å². The summed E-state index contributed by atoms with van der Waals surface area (Å²) in [5.41, 5.74) is 13.8. The van der Waals surface area contributed by atoms with Gasteiger partial charge in [0.25, 0.3) is 0 Å². The van der Waals surface area contributed by atoms with Crippen LogP contribution < -0.4 is 23.7 Å². The number of rotatable bonds is 22. The molecule has 0 saturated heterocycles. The highest BCUT2D eigenvalue weighted by molar-refractivity contribution is 6.13. The molecule has 13 rings (SSSR count). The van der Waals surface area contributed by atoms with Crippen molar-refractivity contribution in [3.63, 3.8) is 0 Å². The Morgan fingerprint density at radius 1 is 0.214 bits per heavy atom. The molecule has 0 aliphatic heterocycles. The van der Waals surface area contributed by atoms with Crippen molar-refractivity contribution in [3.05, 3.63) is 405 Å². The fourth-order valence-corrected chi connectivity index (χ4v) is 10.7. The lowest BCUT2D eigenvalue weighted by Gasteiger charge is -2.09. The summed E-state index contributed by atoms with van der Waals surface area (Å²) >= 11 is 0. The Morgan fingerprint density at radius 2 is 0.369 bits per heavy atom. The van der Waals surface area contributed by atoms with Gasteiger partial charge in [-0.3, -0.25) is 28.8 Å². The van der Waals surface area contributed by atoms with Gasteiger partial charge in [-0.1, -0.05) is 174 Å². The van der Waals surface area contributed by atoms with Crippen LogP contribution in [0.2, 0.25) is 0 Å². The highest BCUT2D eigenvalue weighted by atomic mass is 16.5. The van der Waals surface area contributed by atoms with E-state index in [9.17, 15) is 28.8 Å². The number of ether oxygens (including phenoxy) is 5. The lowest BCUT2D eigenvalue weighted by Crippen LogP contribution is -2.04. The molecule has 0 unspecified atom stereocenters. The van der Waals surface area contributed by atoms with Crippen LogP contribution in [-0.4, -0.2) is 41.8 Å². The molecule has 0 radical (unpaired) electrons. The predicted molar refractivity (Wildman–Crippen MR) is 406 cm³/mol. The second-order valence-electron chi connectivity index (χ2n) is 24.5. The van der Waals surface area contributed by atoms with E-state index >= 15 is 0 Å². The molecule has 11 nitrogen and oxygen atoms in total. The van der Waals surface area contributed by atoms with Crippen molar-refractivity contribution in [1.82, 2.24) is 0 Å². The van der Waals surface area contributed by atoms with Gasteiger partial charge < -0.3 is 23.7 Å². The Kier molecular flexibility index (Phi) is 23.0. The van der Waals surface area contributed by atoms with Crippen LogP contribution >= 0.6 is 0 Å². The minimum Gasteiger partial charge on any atom is -0.497 e. The number of ketones is 6. The largest absolute Gasteiger partial charge is 0.497 e. The molecule has 0 N–H and O–H groups in total. The van der Waals surface area contributed by atoms with Crippen molar-refractivity contribution in [2.45, 2.75) is 34.6 Å². The summed E-state index contributed by atoms with van der Waals surface area (Å²) in [6.45, 7) is 13.5. The monoisotopic (exact) mass is 1350 g/mol. The van der Waals surface area contributed by atoms with Crippen LogP contribution in [0, 0.1) is 20.8 Å². The van der Waals surface area contributed by atoms with Gasteiger partial charge in [-0.05, 0) is 221 Å². The molecule has 0 saturated carbocycles. The van der Waals surface area contributed by atoms with Crippen LogP contribution in [0.3, 0.4) is 0 Å². The molecule has 506 valence electrons. The van der Waals surface area contributed by atoms with Gasteiger partial charge in [-0.2, -0.15) is 0 Å². The summed E-state index contributed by atoms with van der Waals surface area (Å²) in [7, 11) is 1.58. The van der Waals surface area contributed by atoms with Crippen molar-refractivity contribution < 1.29 is 52.5 Å². The third-order valence-electron chi connectivity index (χ3n) is 16.8. The number of Topliss-reactive ketones (excluding diaryl/α,β-unsaturated/α-hetero) is 1. The molecule has 0 bridgehead atoms. The van der Waals surface area contributed by atoms with E-state index in [1.807, 2.05) is 173 Å². The van der Waals surface area contributed by atoms with E-state index in [1.165, 1.54) is 12.5 Å². The summed E-state index contributed by atoms with van der Waals surface area (Å²) in [5, 5.41) is 0. The molecule has 0 aliphatic carbocycles. The van der Waals surface area contributed by atoms with Crippen LogP contribution in [0.5, 0.6) is 51.7 Å². The van der Waals surface area contributed by atoms with Gasteiger partial charge in [-0.15, -0.1) is 0 Å². The number of carbonyl (C=O) groups is 6. The first kappa shape index (κ1) is 70.9. The third kappa shape index (κ3) is 19.1. The standard InChI is InChI=1S/C36H28O4.C28H22O4.C28H22O3/c1-24(2)26-6-8-27(9-7-26)35(37)28-10-20-33(21-11-28)40-34-22-14-30(15-23-34)36(38)29-12-18-32(19-13-29)39-31-16-4-25(3)5-17-31;1-19-3-13-25(14-4-19)32-26-17-11-23(12-18-26)28(30)21-7-5-20(6-8-21)27(29)22-9-15-24(31-2)16-10-22;1-19-3-15-26(16-4-19)31-27-17-13-23(14-18-27)22-7-11-25(12-8-22)28(30)24-9-5-21(6-10-24)20(2)29/h4-23H,1H2,2-3H3;3-18H,1-2H3;3-18H,1-2H3. The lowest BCUT2D eigenvalue weighted by atomic mass is 9.98. The normalized spacial score (nSPS) is 10.5. The van der Waals surface area contributed by atoms with Crippen molar-refractivity contribution in [3.8, 4) is 62.9 Å². The average molecular weight is 1350 g/mol. The highest BCUT2D eigenvalue weighted by Crippen LogP contribution is 2.31. The number of hydrogen-bond donors (Lipinski definition) is 0. The van der Waals surface area contributed by atoms with Gasteiger partial charge in [0.1, 0.15) is 51.7 Å². The maximum absolute atomic E-state index is 13.0. The van der Waals surface area contributed by atoms with Crippen molar-refractivity contribution in [2.75, 3.05) is 7.11 Å². The Balaban J connectivity index is 0.000000157. The number of methoxy groups -OCH3 is 1. The first-order valence-corrected chi connectivity index (χ1v) is 33.3. The molecule has 13 aromatic carbocycles. The number of hydrogen-bond acceptors (Lipinski definition) is 11. The third-order valence-corrected chi connectivity index (χ3v) is 16.8. The minimum atomic E-state index is -0.115. The smallest absolute Gasteiger partial charge is 0.193 e. The Bertz CT molecular complexity index is 5110. The topological polar surface area (TPSA) is 149 Å². The van der Waals surface area contributed by atoms with Gasteiger partial charge in [0.2, 0.25) is 0 Å². The molecule has 103 heavy (non-hydrogen) atoms. The molecule has 0 aliphatic rings. The molecule has 0 amide bonds. The van der Waals surface area contributed by atoms with Gasteiger partial charge in [-0.25, -0.2) is 0 Å². The predicted octanol–water partition coefficient (Wildman–Crippen LogP) is 22.2. The van der Waals surface area contributed by atoms with E-state index in [4.69, 9.17) is 23.7 Å². The number of carbonyl (C=O) groups excluding carboxylic acids is 6. The molecule has 0 aromatic heterocycles. The Morgan fingerprint density at radius 3 is 0.573 bits per heavy atom. The van der Waals surface area contributed by atoms with Crippen LogP contribution in [0.4, 0.5) is 0 Å². The van der Waals surface area contributed by atoms with Crippen LogP contribution in [0.1, 0.15) is 126 Å². The quantitative estimate of drug-likeness (QED) is 0.0597. The zero-order chi connectivity index (χ0) is 72.4. The molecule has 11 heteroatoms. The van der Waals surface area contributed by atoms with E-state index in [0.29, 0.717) is 89.9 Å². The van der Waals surface area contributed by atoms with Gasteiger partial charge in [0, 0.05) is 61.2 Å². The van der Waals surface area contributed by atoms with Crippen LogP contribution in [0.15, 0.2) is 322 Å². The Hall–Kier alpha value is -13.4. The Labute approximate surface area is 599 Å². The summed E-state index contributed by atoms with van der Waals surface area (Å²) in [4.78, 5) is 75.4. The van der Waals surface area contributed by atoms with E-state index in [1.54, 1.807) is 177 Å². The second kappa shape index (κ2) is 33.4. The number of benzene rings is 13. The van der Waals surface area contributed by atoms with E-state index in [0.717, 1.165) is 56.4 Å². The maximum Gasteiger partial charge on any atom is 0.193 e. The van der Waals surface area contributed by atoms with Crippen LogP contribution in [0.25, 0.3) is 16.7 Å².